The van der Waals surface area contributed by atoms with E-state index in [0.29, 0.717) is 34.4 Å². The van der Waals surface area contributed by atoms with Crippen LogP contribution in [-0.2, 0) is 13.2 Å². The highest BCUT2D eigenvalue weighted by molar-refractivity contribution is 7.71. The third-order valence-corrected chi connectivity index (χ3v) is 4.33. The van der Waals surface area contributed by atoms with E-state index < -0.39 is 0 Å². The van der Waals surface area contributed by atoms with Crippen molar-refractivity contribution in [2.45, 2.75) is 20.1 Å². The molecular formula is C18H19ClN4O2S. The lowest BCUT2D eigenvalue weighted by molar-refractivity contribution is 0.281. The Morgan fingerprint density at radius 3 is 2.77 bits per heavy atom. The van der Waals surface area contributed by atoms with Crippen LogP contribution in [0, 0.1) is 11.7 Å². The first-order valence-corrected chi connectivity index (χ1v) is 8.78. The highest BCUT2D eigenvalue weighted by atomic mass is 35.5. The lowest BCUT2D eigenvalue weighted by atomic mass is 10.2. The normalized spacial score (nSPS) is 10.6. The molecule has 0 saturated heterocycles. The molecular weight excluding hydrogens is 372 g/mol. The lowest BCUT2D eigenvalue weighted by Crippen LogP contribution is -2.16. The van der Waals surface area contributed by atoms with Crippen LogP contribution in [0.15, 0.2) is 42.5 Å². The molecule has 0 aliphatic heterocycles. The number of hydrogen-bond acceptors (Lipinski definition) is 5. The Bertz CT molecular complexity index is 954. The molecule has 2 N–H and O–H groups in total. The van der Waals surface area contributed by atoms with Gasteiger partial charge in [0.25, 0.3) is 0 Å². The van der Waals surface area contributed by atoms with Crippen molar-refractivity contribution in [1.29, 1.82) is 0 Å². The van der Waals surface area contributed by atoms with Crippen LogP contribution in [0.5, 0.6) is 11.5 Å². The number of nitrogens with zero attached hydrogens (tertiary/aromatic N) is 2. The predicted molar refractivity (Wildman–Crippen MR) is 104 cm³/mol. The molecule has 0 amide bonds. The average Bonchev–Trinajstić information content (AvgIpc) is 2.96. The van der Waals surface area contributed by atoms with Crippen LogP contribution in [0.1, 0.15) is 17.0 Å². The van der Waals surface area contributed by atoms with E-state index in [1.807, 2.05) is 49.4 Å². The van der Waals surface area contributed by atoms with Crippen molar-refractivity contribution < 1.29 is 9.47 Å². The van der Waals surface area contributed by atoms with E-state index in [4.69, 9.17) is 33.3 Å². The molecule has 0 radical (unpaired) electrons. The number of rotatable bonds is 7. The Kier molecular flexibility index (Phi) is 5.80. The molecule has 0 bridgehead atoms. The van der Waals surface area contributed by atoms with Gasteiger partial charge >= 0.3 is 0 Å². The molecule has 1 aromatic heterocycles. The van der Waals surface area contributed by atoms with Gasteiger partial charge < -0.3 is 14.9 Å². The van der Waals surface area contributed by atoms with Crippen LogP contribution < -0.4 is 14.9 Å². The summed E-state index contributed by atoms with van der Waals surface area (Å²) in [5, 5.41) is 7.51. The highest BCUT2D eigenvalue weighted by Gasteiger charge is 2.12. The molecule has 3 aromatic rings. The van der Waals surface area contributed by atoms with Gasteiger partial charge in [0.1, 0.15) is 12.4 Å². The highest BCUT2D eigenvalue weighted by Crippen LogP contribution is 2.32. The number of methoxy groups -OCH3 is 1. The summed E-state index contributed by atoms with van der Waals surface area (Å²) in [5.74, 6) is 2.09. The molecule has 6 nitrogen and oxygen atoms in total. The van der Waals surface area contributed by atoms with Gasteiger partial charge in [0.05, 0.1) is 13.7 Å². The molecule has 26 heavy (non-hydrogen) atoms. The second-order valence-corrected chi connectivity index (χ2v) is 6.44. The van der Waals surface area contributed by atoms with E-state index in [-0.39, 0.29) is 0 Å². The SMILES string of the molecule is COc1cccc(CNn2c(C)n[nH]c2=S)c1OCc1cccc(Cl)c1. The van der Waals surface area contributed by atoms with Gasteiger partial charge in [-0.2, -0.15) is 5.10 Å². The summed E-state index contributed by atoms with van der Waals surface area (Å²) in [4.78, 5) is 0. The number of aromatic amines is 1. The molecule has 0 spiro atoms. The van der Waals surface area contributed by atoms with Crippen LogP contribution in [0.4, 0.5) is 0 Å². The first-order chi connectivity index (χ1) is 12.6. The van der Waals surface area contributed by atoms with Crippen LogP contribution in [0.25, 0.3) is 0 Å². The van der Waals surface area contributed by atoms with E-state index >= 15 is 0 Å². The van der Waals surface area contributed by atoms with Gasteiger partial charge in [0.15, 0.2) is 11.5 Å². The zero-order valence-electron chi connectivity index (χ0n) is 14.5. The van der Waals surface area contributed by atoms with Gasteiger partial charge in [0, 0.05) is 10.6 Å². The van der Waals surface area contributed by atoms with Crippen molar-refractivity contribution in [1.82, 2.24) is 14.9 Å². The summed E-state index contributed by atoms with van der Waals surface area (Å²) in [6.07, 6.45) is 0. The van der Waals surface area contributed by atoms with Gasteiger partial charge in [-0.3, -0.25) is 5.10 Å². The Morgan fingerprint density at radius 2 is 2.08 bits per heavy atom. The van der Waals surface area contributed by atoms with Gasteiger partial charge in [0.2, 0.25) is 4.77 Å². The molecule has 136 valence electrons. The van der Waals surface area contributed by atoms with Gasteiger partial charge in [-0.25, -0.2) is 4.68 Å². The second-order valence-electron chi connectivity index (χ2n) is 5.61. The minimum absolute atomic E-state index is 0.387. The summed E-state index contributed by atoms with van der Waals surface area (Å²) in [6.45, 7) is 2.75. The van der Waals surface area contributed by atoms with Crippen molar-refractivity contribution >= 4 is 23.8 Å². The Labute approximate surface area is 161 Å². The third kappa shape index (κ3) is 4.17. The summed E-state index contributed by atoms with van der Waals surface area (Å²) in [5.41, 5.74) is 5.16. The summed E-state index contributed by atoms with van der Waals surface area (Å²) >= 11 is 11.3. The number of hydrogen-bond donors (Lipinski definition) is 2. The minimum atomic E-state index is 0.387. The Morgan fingerprint density at radius 1 is 1.27 bits per heavy atom. The number of nitrogens with one attached hydrogen (secondary N) is 2. The third-order valence-electron chi connectivity index (χ3n) is 3.82. The smallest absolute Gasteiger partial charge is 0.214 e. The quantitative estimate of drug-likeness (QED) is 0.591. The van der Waals surface area contributed by atoms with Crippen molar-refractivity contribution in [2.24, 2.45) is 0 Å². The van der Waals surface area contributed by atoms with Crippen LogP contribution >= 0.6 is 23.8 Å². The minimum Gasteiger partial charge on any atom is -0.493 e. The first kappa shape index (κ1) is 18.3. The van der Waals surface area contributed by atoms with Gasteiger partial charge in [-0.05, 0) is 42.9 Å². The van der Waals surface area contributed by atoms with Gasteiger partial charge in [-0.15, -0.1) is 0 Å². The molecule has 2 aromatic carbocycles. The van der Waals surface area contributed by atoms with E-state index in [1.54, 1.807) is 11.8 Å². The number of halogens is 1. The Hall–Kier alpha value is -2.51. The van der Waals surface area contributed by atoms with E-state index in [1.165, 1.54) is 0 Å². The summed E-state index contributed by atoms with van der Waals surface area (Å²) < 4.78 is 13.7. The first-order valence-electron chi connectivity index (χ1n) is 7.99. The van der Waals surface area contributed by atoms with Crippen LogP contribution in [0.3, 0.4) is 0 Å². The standard InChI is InChI=1S/C18H19ClN4O2S/c1-12-21-22-18(26)23(12)20-10-14-6-4-8-16(24-2)17(14)25-11-13-5-3-7-15(19)9-13/h3-9,20H,10-11H2,1-2H3,(H,22,26). The predicted octanol–water partition coefficient (Wildman–Crippen LogP) is 4.23. The van der Waals surface area contributed by atoms with E-state index in [0.717, 1.165) is 17.0 Å². The molecule has 8 heteroatoms. The number of para-hydroxylation sites is 1. The fourth-order valence-electron chi connectivity index (χ4n) is 2.53. The van der Waals surface area contributed by atoms with E-state index in [2.05, 4.69) is 15.6 Å². The maximum absolute atomic E-state index is 6.05. The molecule has 0 fully saturated rings. The van der Waals surface area contributed by atoms with Crippen molar-refractivity contribution in [3.63, 3.8) is 0 Å². The topological polar surface area (TPSA) is 64.1 Å². The zero-order chi connectivity index (χ0) is 18.5. The van der Waals surface area contributed by atoms with Crippen LogP contribution in [-0.4, -0.2) is 22.0 Å². The number of ether oxygens (including phenoxy) is 2. The lowest BCUT2D eigenvalue weighted by Gasteiger charge is -2.16. The van der Waals surface area contributed by atoms with Crippen molar-refractivity contribution in [2.75, 3.05) is 12.5 Å². The molecule has 0 aliphatic carbocycles. The second kappa shape index (κ2) is 8.25. The molecule has 0 atom stereocenters. The van der Waals surface area contributed by atoms with Crippen molar-refractivity contribution in [3.05, 3.63) is 69.2 Å². The molecule has 3 rings (SSSR count). The van der Waals surface area contributed by atoms with Crippen LogP contribution in [0.2, 0.25) is 5.02 Å². The maximum atomic E-state index is 6.05. The largest absolute Gasteiger partial charge is 0.493 e. The number of aromatic nitrogens is 3. The average molecular weight is 391 g/mol. The maximum Gasteiger partial charge on any atom is 0.214 e. The summed E-state index contributed by atoms with van der Waals surface area (Å²) in [6, 6.07) is 13.3. The number of benzene rings is 2. The van der Waals surface area contributed by atoms with Gasteiger partial charge in [-0.1, -0.05) is 35.9 Å². The number of aryl methyl sites for hydroxylation is 1. The summed E-state index contributed by atoms with van der Waals surface area (Å²) in [7, 11) is 1.62. The fourth-order valence-corrected chi connectivity index (χ4v) is 2.99. The molecule has 0 aliphatic rings. The van der Waals surface area contributed by atoms with Crippen molar-refractivity contribution in [3.8, 4) is 11.5 Å². The van der Waals surface area contributed by atoms with E-state index in [9.17, 15) is 0 Å². The zero-order valence-corrected chi connectivity index (χ0v) is 16.0. The molecule has 0 saturated carbocycles. The molecule has 0 unspecified atom stereocenters. The number of H-pyrrole nitrogens is 1. The monoisotopic (exact) mass is 390 g/mol. The Balaban J connectivity index is 1.80. The molecule has 1 heterocycles. The fraction of sp³-hybridized carbons (Fsp3) is 0.222.